The summed E-state index contributed by atoms with van der Waals surface area (Å²) in [5.74, 6) is -0.970. The van der Waals surface area contributed by atoms with Crippen LogP contribution in [-0.2, 0) is 14.4 Å². The van der Waals surface area contributed by atoms with Gasteiger partial charge in [-0.1, -0.05) is 0 Å². The number of aliphatic carboxylic acids is 1. The quantitative estimate of drug-likeness (QED) is 0.638. The summed E-state index contributed by atoms with van der Waals surface area (Å²) < 4.78 is 0. The van der Waals surface area contributed by atoms with E-state index in [1.54, 1.807) is 6.92 Å². The van der Waals surface area contributed by atoms with Crippen molar-refractivity contribution in [1.82, 2.24) is 5.32 Å². The van der Waals surface area contributed by atoms with Crippen LogP contribution in [0, 0.1) is 5.41 Å². The van der Waals surface area contributed by atoms with E-state index in [1.165, 1.54) is 18.7 Å². The van der Waals surface area contributed by atoms with Gasteiger partial charge in [0.25, 0.3) is 0 Å². The molecule has 0 aromatic rings. The third-order valence-corrected chi connectivity index (χ3v) is 4.75. The Balaban J connectivity index is 2.50. The standard InChI is InChI=1S/C12H19NO5S/c1-7(14)13-8(11(17)18)5-19-6-12(2)9(15)3-4-10(12)16/h8-9,15H,3-6H2,1-2H3,(H,13,14)(H,17,18). The summed E-state index contributed by atoms with van der Waals surface area (Å²) in [4.78, 5) is 33.5. The zero-order valence-corrected chi connectivity index (χ0v) is 11.8. The first-order valence-electron chi connectivity index (χ1n) is 6.06. The first-order valence-corrected chi connectivity index (χ1v) is 7.22. The molecule has 1 saturated carbocycles. The molecular formula is C12H19NO5S. The third kappa shape index (κ3) is 3.94. The Bertz CT molecular complexity index is 386. The van der Waals surface area contributed by atoms with Crippen LogP contribution < -0.4 is 5.32 Å². The number of aliphatic hydroxyl groups is 1. The Morgan fingerprint density at radius 2 is 2.21 bits per heavy atom. The van der Waals surface area contributed by atoms with Crippen molar-refractivity contribution in [3.63, 3.8) is 0 Å². The second-order valence-electron chi connectivity index (χ2n) is 5.00. The van der Waals surface area contributed by atoms with Crippen molar-refractivity contribution in [3.8, 4) is 0 Å². The lowest BCUT2D eigenvalue weighted by molar-refractivity contribution is -0.140. The lowest BCUT2D eigenvalue weighted by atomic mass is 9.88. The number of hydrogen-bond acceptors (Lipinski definition) is 5. The molecule has 3 atom stereocenters. The van der Waals surface area contributed by atoms with Gasteiger partial charge in [0.15, 0.2) is 0 Å². The minimum absolute atomic E-state index is 0.0129. The Morgan fingerprint density at radius 1 is 1.58 bits per heavy atom. The van der Waals surface area contributed by atoms with Crippen molar-refractivity contribution in [2.24, 2.45) is 5.41 Å². The van der Waals surface area contributed by atoms with Crippen molar-refractivity contribution in [3.05, 3.63) is 0 Å². The summed E-state index contributed by atoms with van der Waals surface area (Å²) in [7, 11) is 0. The van der Waals surface area contributed by atoms with E-state index in [9.17, 15) is 19.5 Å². The lowest BCUT2D eigenvalue weighted by Gasteiger charge is -2.26. The summed E-state index contributed by atoms with van der Waals surface area (Å²) in [6, 6.07) is -0.972. The van der Waals surface area contributed by atoms with Crippen LogP contribution in [0.25, 0.3) is 0 Å². The van der Waals surface area contributed by atoms with Gasteiger partial charge < -0.3 is 15.5 Å². The van der Waals surface area contributed by atoms with Gasteiger partial charge in [-0.15, -0.1) is 0 Å². The van der Waals surface area contributed by atoms with E-state index in [0.29, 0.717) is 18.6 Å². The summed E-state index contributed by atoms with van der Waals surface area (Å²) in [6.07, 6.45) is 0.160. The zero-order valence-electron chi connectivity index (χ0n) is 11.0. The molecule has 108 valence electrons. The highest BCUT2D eigenvalue weighted by molar-refractivity contribution is 7.99. The maximum Gasteiger partial charge on any atom is 0.327 e. The van der Waals surface area contributed by atoms with E-state index >= 15 is 0 Å². The highest BCUT2D eigenvalue weighted by atomic mass is 32.2. The van der Waals surface area contributed by atoms with E-state index in [0.717, 1.165) is 0 Å². The first-order chi connectivity index (χ1) is 8.77. The van der Waals surface area contributed by atoms with Crippen molar-refractivity contribution in [1.29, 1.82) is 0 Å². The molecular weight excluding hydrogens is 270 g/mol. The molecule has 0 radical (unpaired) electrons. The topological polar surface area (TPSA) is 104 Å². The maximum absolute atomic E-state index is 11.7. The van der Waals surface area contributed by atoms with Gasteiger partial charge in [0.2, 0.25) is 5.91 Å². The molecule has 0 aromatic carbocycles. The fourth-order valence-corrected chi connectivity index (χ4v) is 3.40. The van der Waals surface area contributed by atoms with Crippen molar-refractivity contribution in [2.45, 2.75) is 38.8 Å². The normalized spacial score (nSPS) is 28.2. The van der Waals surface area contributed by atoms with Gasteiger partial charge in [-0.3, -0.25) is 9.59 Å². The molecule has 1 rings (SSSR count). The van der Waals surface area contributed by atoms with Crippen LogP contribution in [0.1, 0.15) is 26.7 Å². The summed E-state index contributed by atoms with van der Waals surface area (Å²) in [5.41, 5.74) is -0.802. The number of amides is 1. The average Bonchev–Trinajstić information content (AvgIpc) is 2.55. The molecule has 0 heterocycles. The Labute approximate surface area is 115 Å². The Hall–Kier alpha value is -1.08. The second-order valence-corrected chi connectivity index (χ2v) is 6.03. The van der Waals surface area contributed by atoms with Gasteiger partial charge in [-0.25, -0.2) is 4.79 Å². The molecule has 1 amide bonds. The van der Waals surface area contributed by atoms with Crippen LogP contribution in [0.15, 0.2) is 0 Å². The highest BCUT2D eigenvalue weighted by Crippen LogP contribution is 2.37. The Kier molecular flexibility index (Phi) is 5.37. The van der Waals surface area contributed by atoms with E-state index < -0.39 is 29.4 Å². The number of carbonyl (C=O) groups is 3. The second kappa shape index (κ2) is 6.38. The number of rotatable bonds is 6. The SMILES string of the molecule is CC(=O)NC(CSCC1(C)C(=O)CCC1O)C(=O)O. The number of ketones is 1. The van der Waals surface area contributed by atoms with Gasteiger partial charge in [-0.05, 0) is 13.3 Å². The minimum Gasteiger partial charge on any atom is -0.480 e. The monoisotopic (exact) mass is 289 g/mol. The van der Waals surface area contributed by atoms with Crippen molar-refractivity contribution >= 4 is 29.4 Å². The fraction of sp³-hybridized carbons (Fsp3) is 0.750. The van der Waals surface area contributed by atoms with Gasteiger partial charge in [-0.2, -0.15) is 11.8 Å². The molecule has 3 N–H and O–H groups in total. The molecule has 1 aliphatic rings. The van der Waals surface area contributed by atoms with Crippen LogP contribution in [0.2, 0.25) is 0 Å². The van der Waals surface area contributed by atoms with Gasteiger partial charge in [0, 0.05) is 24.9 Å². The number of carboxylic acids is 1. The van der Waals surface area contributed by atoms with Crippen molar-refractivity contribution < 1.29 is 24.6 Å². The summed E-state index contributed by atoms with van der Waals surface area (Å²) in [5, 5.41) is 21.1. The molecule has 19 heavy (non-hydrogen) atoms. The number of thioether (sulfide) groups is 1. The van der Waals surface area contributed by atoms with E-state index in [4.69, 9.17) is 5.11 Å². The van der Waals surface area contributed by atoms with Crippen LogP contribution in [0.5, 0.6) is 0 Å². The van der Waals surface area contributed by atoms with E-state index in [2.05, 4.69) is 5.32 Å². The van der Waals surface area contributed by atoms with Crippen LogP contribution in [0.4, 0.5) is 0 Å². The third-order valence-electron chi connectivity index (χ3n) is 3.38. The number of hydrogen-bond donors (Lipinski definition) is 3. The van der Waals surface area contributed by atoms with E-state index in [1.807, 2.05) is 0 Å². The van der Waals surface area contributed by atoms with Crippen molar-refractivity contribution in [2.75, 3.05) is 11.5 Å². The average molecular weight is 289 g/mol. The number of aliphatic hydroxyl groups excluding tert-OH is 1. The van der Waals surface area contributed by atoms with E-state index in [-0.39, 0.29) is 11.5 Å². The maximum atomic E-state index is 11.7. The van der Waals surface area contributed by atoms with Crippen LogP contribution in [-0.4, -0.2) is 51.5 Å². The summed E-state index contributed by atoms with van der Waals surface area (Å²) in [6.45, 7) is 2.96. The molecule has 1 aliphatic carbocycles. The largest absolute Gasteiger partial charge is 0.480 e. The molecule has 1 fully saturated rings. The molecule has 0 aromatic heterocycles. The van der Waals surface area contributed by atoms with Crippen LogP contribution >= 0.6 is 11.8 Å². The lowest BCUT2D eigenvalue weighted by Crippen LogP contribution is -2.42. The van der Waals surface area contributed by atoms with Crippen LogP contribution in [0.3, 0.4) is 0 Å². The number of Topliss-reactive ketones (excluding diaryl/α,β-unsaturated/α-hetero) is 1. The predicted molar refractivity (Wildman–Crippen MR) is 70.9 cm³/mol. The molecule has 0 saturated heterocycles. The zero-order chi connectivity index (χ0) is 14.6. The van der Waals surface area contributed by atoms with Gasteiger partial charge in [0.1, 0.15) is 11.8 Å². The molecule has 3 unspecified atom stereocenters. The number of carboxylic acid groups (broad SMARTS) is 1. The summed E-state index contributed by atoms with van der Waals surface area (Å²) >= 11 is 1.26. The molecule has 0 bridgehead atoms. The molecule has 0 aliphatic heterocycles. The number of nitrogens with one attached hydrogen (secondary N) is 1. The Morgan fingerprint density at radius 3 is 2.63 bits per heavy atom. The number of carbonyl (C=O) groups excluding carboxylic acids is 2. The first kappa shape index (κ1) is 16.0. The fourth-order valence-electron chi connectivity index (χ4n) is 2.04. The predicted octanol–water partition coefficient (Wildman–Crippen LogP) is 0.0390. The molecule has 7 heteroatoms. The minimum atomic E-state index is -1.11. The van der Waals surface area contributed by atoms with Gasteiger partial charge in [0.05, 0.1) is 11.5 Å². The van der Waals surface area contributed by atoms with Gasteiger partial charge >= 0.3 is 5.97 Å². The smallest absolute Gasteiger partial charge is 0.327 e. The molecule has 6 nitrogen and oxygen atoms in total. The molecule has 0 spiro atoms. The highest BCUT2D eigenvalue weighted by Gasteiger charge is 2.45.